The smallest absolute Gasteiger partial charge is 0.251 e. The third-order valence-corrected chi connectivity index (χ3v) is 2.99. The van der Waals surface area contributed by atoms with E-state index in [1.54, 1.807) is 38.0 Å². The van der Waals surface area contributed by atoms with Crippen molar-refractivity contribution in [3.63, 3.8) is 0 Å². The number of likely N-dealkylation sites (N-methyl/N-ethyl adjacent to an activating group) is 1. The van der Waals surface area contributed by atoms with E-state index in [4.69, 9.17) is 0 Å². The number of hydrogen-bond donors (Lipinski definition) is 1. The van der Waals surface area contributed by atoms with Gasteiger partial charge in [0.2, 0.25) is 5.91 Å². The van der Waals surface area contributed by atoms with Gasteiger partial charge in [-0.1, -0.05) is 0 Å². The molecule has 5 heteroatoms. The van der Waals surface area contributed by atoms with Gasteiger partial charge in [0.05, 0.1) is 6.54 Å². The molecular weight excluding hydrogens is 236 g/mol. The van der Waals surface area contributed by atoms with Gasteiger partial charge in [-0.05, 0) is 30.5 Å². The van der Waals surface area contributed by atoms with E-state index >= 15 is 0 Å². The van der Waals surface area contributed by atoms with Crippen LogP contribution in [0.15, 0.2) is 29.2 Å². The average molecular weight is 252 g/mol. The highest BCUT2D eigenvalue weighted by Crippen LogP contribution is 2.14. The van der Waals surface area contributed by atoms with Crippen molar-refractivity contribution in [1.29, 1.82) is 0 Å². The molecule has 0 unspecified atom stereocenters. The lowest BCUT2D eigenvalue weighted by molar-refractivity contribution is -0.127. The Morgan fingerprint density at radius 3 is 2.29 bits per heavy atom. The second kappa shape index (κ2) is 6.30. The first-order valence-electron chi connectivity index (χ1n) is 5.17. The fourth-order valence-electron chi connectivity index (χ4n) is 1.16. The fraction of sp³-hybridized carbons (Fsp3) is 0.333. The molecule has 17 heavy (non-hydrogen) atoms. The Balaban J connectivity index is 2.55. The molecule has 1 rings (SSSR count). The van der Waals surface area contributed by atoms with Crippen LogP contribution in [-0.4, -0.2) is 43.6 Å². The summed E-state index contributed by atoms with van der Waals surface area (Å²) in [7, 11) is 3.31. The Bertz CT molecular complexity index is 401. The maximum absolute atomic E-state index is 11.7. The highest BCUT2D eigenvalue weighted by molar-refractivity contribution is 7.98. The fourth-order valence-corrected chi connectivity index (χ4v) is 1.57. The van der Waals surface area contributed by atoms with Crippen molar-refractivity contribution in [2.75, 3.05) is 26.9 Å². The Kier molecular flexibility index (Phi) is 5.03. The van der Waals surface area contributed by atoms with Crippen LogP contribution in [0.4, 0.5) is 0 Å². The lowest BCUT2D eigenvalue weighted by atomic mass is 10.2. The summed E-state index contributed by atoms with van der Waals surface area (Å²) in [6.07, 6.45) is 1.98. The molecule has 0 aromatic heterocycles. The molecule has 0 fully saturated rings. The normalized spacial score (nSPS) is 9.82. The standard InChI is InChI=1S/C12H16N2O2S/c1-14(2)11(15)8-13-12(16)9-4-6-10(17-3)7-5-9/h4-7H,8H2,1-3H3,(H,13,16). The maximum atomic E-state index is 11.7. The summed E-state index contributed by atoms with van der Waals surface area (Å²) < 4.78 is 0. The number of benzene rings is 1. The molecule has 1 aromatic rings. The van der Waals surface area contributed by atoms with Crippen LogP contribution in [-0.2, 0) is 4.79 Å². The molecule has 0 aliphatic carbocycles. The number of nitrogens with zero attached hydrogens (tertiary/aromatic N) is 1. The average Bonchev–Trinajstić information content (AvgIpc) is 2.35. The minimum atomic E-state index is -0.229. The van der Waals surface area contributed by atoms with Crippen LogP contribution in [0.3, 0.4) is 0 Å². The molecule has 1 aromatic carbocycles. The van der Waals surface area contributed by atoms with Crippen LogP contribution < -0.4 is 5.32 Å². The largest absolute Gasteiger partial charge is 0.347 e. The number of amides is 2. The second-order valence-electron chi connectivity index (χ2n) is 3.70. The first-order chi connectivity index (χ1) is 8.04. The van der Waals surface area contributed by atoms with Crippen molar-refractivity contribution in [3.05, 3.63) is 29.8 Å². The van der Waals surface area contributed by atoms with Crippen LogP contribution >= 0.6 is 11.8 Å². The van der Waals surface area contributed by atoms with Crippen LogP contribution in [0.25, 0.3) is 0 Å². The van der Waals surface area contributed by atoms with Crippen LogP contribution in [0, 0.1) is 0 Å². The third kappa shape index (κ3) is 4.11. The van der Waals surface area contributed by atoms with Gasteiger partial charge in [-0.15, -0.1) is 11.8 Å². The number of hydrogen-bond acceptors (Lipinski definition) is 3. The van der Waals surface area contributed by atoms with Crippen LogP contribution in [0.5, 0.6) is 0 Å². The highest BCUT2D eigenvalue weighted by Gasteiger charge is 2.08. The molecule has 0 saturated carbocycles. The quantitative estimate of drug-likeness (QED) is 0.820. The molecule has 1 N–H and O–H groups in total. The number of thioether (sulfide) groups is 1. The van der Waals surface area contributed by atoms with Crippen molar-refractivity contribution in [2.45, 2.75) is 4.90 Å². The molecular formula is C12H16N2O2S. The summed E-state index contributed by atoms with van der Waals surface area (Å²) in [6, 6.07) is 7.27. The first kappa shape index (κ1) is 13.6. The van der Waals surface area contributed by atoms with Gasteiger partial charge in [0, 0.05) is 24.6 Å². The molecule has 0 aliphatic rings. The zero-order valence-electron chi connectivity index (χ0n) is 10.2. The van der Waals surface area contributed by atoms with E-state index in [1.807, 2.05) is 18.4 Å². The van der Waals surface area contributed by atoms with Gasteiger partial charge in [0.25, 0.3) is 5.91 Å². The van der Waals surface area contributed by atoms with Crippen molar-refractivity contribution < 1.29 is 9.59 Å². The zero-order chi connectivity index (χ0) is 12.8. The molecule has 0 atom stereocenters. The molecule has 0 aliphatic heterocycles. The summed E-state index contributed by atoms with van der Waals surface area (Å²) in [5.41, 5.74) is 0.564. The van der Waals surface area contributed by atoms with E-state index in [0.29, 0.717) is 5.56 Å². The topological polar surface area (TPSA) is 49.4 Å². The number of rotatable bonds is 4. The molecule has 0 bridgehead atoms. The highest BCUT2D eigenvalue weighted by atomic mass is 32.2. The maximum Gasteiger partial charge on any atom is 0.251 e. The van der Waals surface area contributed by atoms with E-state index in [1.165, 1.54) is 4.90 Å². The predicted molar refractivity (Wildman–Crippen MR) is 69.3 cm³/mol. The van der Waals surface area contributed by atoms with Gasteiger partial charge in [-0.25, -0.2) is 0 Å². The minimum absolute atomic E-state index is 0.0239. The van der Waals surface area contributed by atoms with E-state index in [0.717, 1.165) is 4.90 Å². The summed E-state index contributed by atoms with van der Waals surface area (Å²) in [5, 5.41) is 2.58. The van der Waals surface area contributed by atoms with Gasteiger partial charge < -0.3 is 10.2 Å². The zero-order valence-corrected chi connectivity index (χ0v) is 11.0. The van der Waals surface area contributed by atoms with E-state index in [9.17, 15) is 9.59 Å². The summed E-state index contributed by atoms with van der Waals surface area (Å²) >= 11 is 1.62. The number of carbonyl (C=O) groups excluding carboxylic acids is 2. The SMILES string of the molecule is CSc1ccc(C(=O)NCC(=O)N(C)C)cc1. The lowest BCUT2D eigenvalue weighted by Crippen LogP contribution is -2.36. The molecule has 0 saturated heterocycles. The molecule has 0 radical (unpaired) electrons. The van der Waals surface area contributed by atoms with Crippen molar-refractivity contribution >= 4 is 23.6 Å². The van der Waals surface area contributed by atoms with Crippen LogP contribution in [0.1, 0.15) is 10.4 Å². The minimum Gasteiger partial charge on any atom is -0.347 e. The van der Waals surface area contributed by atoms with Crippen molar-refractivity contribution in [1.82, 2.24) is 10.2 Å². The molecule has 4 nitrogen and oxygen atoms in total. The summed E-state index contributed by atoms with van der Waals surface area (Å²) in [6.45, 7) is 0.0239. The third-order valence-electron chi connectivity index (χ3n) is 2.25. The van der Waals surface area contributed by atoms with E-state index in [2.05, 4.69) is 5.32 Å². The van der Waals surface area contributed by atoms with Crippen molar-refractivity contribution in [3.8, 4) is 0 Å². The van der Waals surface area contributed by atoms with Gasteiger partial charge in [0.1, 0.15) is 0 Å². The molecule has 92 valence electrons. The predicted octanol–water partition coefficient (Wildman–Crippen LogP) is 1.23. The summed E-state index contributed by atoms with van der Waals surface area (Å²) in [5.74, 6) is -0.355. The van der Waals surface area contributed by atoms with Gasteiger partial charge >= 0.3 is 0 Å². The summed E-state index contributed by atoms with van der Waals surface area (Å²) in [4.78, 5) is 25.5. The van der Waals surface area contributed by atoms with Gasteiger partial charge in [-0.3, -0.25) is 9.59 Å². The van der Waals surface area contributed by atoms with Crippen molar-refractivity contribution in [2.24, 2.45) is 0 Å². The molecule has 2 amide bonds. The Hall–Kier alpha value is -1.49. The Labute approximate surface area is 105 Å². The van der Waals surface area contributed by atoms with Gasteiger partial charge in [0.15, 0.2) is 0 Å². The number of carbonyl (C=O) groups is 2. The van der Waals surface area contributed by atoms with Gasteiger partial charge in [-0.2, -0.15) is 0 Å². The lowest BCUT2D eigenvalue weighted by Gasteiger charge is -2.11. The first-order valence-corrected chi connectivity index (χ1v) is 6.39. The number of nitrogens with one attached hydrogen (secondary N) is 1. The van der Waals surface area contributed by atoms with E-state index < -0.39 is 0 Å². The monoisotopic (exact) mass is 252 g/mol. The Morgan fingerprint density at radius 2 is 1.82 bits per heavy atom. The van der Waals surface area contributed by atoms with Crippen LogP contribution in [0.2, 0.25) is 0 Å². The molecule has 0 heterocycles. The second-order valence-corrected chi connectivity index (χ2v) is 4.58. The molecule has 0 spiro atoms. The van der Waals surface area contributed by atoms with E-state index in [-0.39, 0.29) is 18.4 Å². The Morgan fingerprint density at radius 1 is 1.24 bits per heavy atom.